The van der Waals surface area contributed by atoms with Crippen LogP contribution < -0.4 is 0 Å². The van der Waals surface area contributed by atoms with Crippen LogP contribution in [-0.2, 0) is 4.74 Å². The second kappa shape index (κ2) is 6.42. The highest BCUT2D eigenvalue weighted by atomic mass is 16.5. The Morgan fingerprint density at radius 1 is 0.621 bits per heavy atom. The topological polar surface area (TPSA) is 15.7 Å². The molecule has 0 saturated heterocycles. The maximum absolute atomic E-state index is 6.33. The summed E-state index contributed by atoms with van der Waals surface area (Å²) in [6, 6.07) is 17.0. The third kappa shape index (κ3) is 2.74. The summed E-state index contributed by atoms with van der Waals surface area (Å²) in [4.78, 5) is 4.51. The molecular formula is C26H20N2O. The van der Waals surface area contributed by atoms with Gasteiger partial charge in [0.25, 0.3) is 0 Å². The molecule has 0 radical (unpaired) electrons. The lowest BCUT2D eigenvalue weighted by molar-refractivity contribution is 0.322. The molecule has 0 unspecified atom stereocenters. The van der Waals surface area contributed by atoms with Crippen molar-refractivity contribution in [3.63, 3.8) is 0 Å². The molecule has 4 aliphatic heterocycles. The van der Waals surface area contributed by atoms with Gasteiger partial charge in [0.15, 0.2) is 0 Å². The van der Waals surface area contributed by atoms with Crippen molar-refractivity contribution in [3.8, 4) is 0 Å². The second-order valence-electron chi connectivity index (χ2n) is 7.48. The molecule has 4 aliphatic rings. The van der Waals surface area contributed by atoms with E-state index < -0.39 is 0 Å². The minimum absolute atomic E-state index is 0.813. The highest BCUT2D eigenvalue weighted by molar-refractivity contribution is 5.81. The summed E-state index contributed by atoms with van der Waals surface area (Å²) >= 11 is 0. The molecule has 2 aromatic rings. The van der Waals surface area contributed by atoms with Crippen molar-refractivity contribution in [2.24, 2.45) is 0 Å². The minimum atomic E-state index is 0.813. The van der Waals surface area contributed by atoms with Gasteiger partial charge in [-0.25, -0.2) is 0 Å². The van der Waals surface area contributed by atoms with Crippen LogP contribution in [0.2, 0.25) is 0 Å². The SMILES string of the molecule is C1=CN2CC=C(OC3=CCN4C=Cc5ccccc5C4=C3)C=C2c2ccccc21. The number of hydrogen-bond acceptors (Lipinski definition) is 3. The van der Waals surface area contributed by atoms with Crippen LogP contribution in [0.1, 0.15) is 22.3 Å². The first kappa shape index (κ1) is 16.3. The van der Waals surface area contributed by atoms with E-state index in [2.05, 4.69) is 107 Å². The van der Waals surface area contributed by atoms with Crippen LogP contribution in [0.25, 0.3) is 23.5 Å². The Bertz CT molecular complexity index is 1100. The summed E-state index contributed by atoms with van der Waals surface area (Å²) in [5, 5.41) is 0. The maximum atomic E-state index is 6.33. The first-order chi connectivity index (χ1) is 14.3. The van der Waals surface area contributed by atoms with E-state index in [0.29, 0.717) is 0 Å². The zero-order chi connectivity index (χ0) is 19.2. The molecule has 6 rings (SSSR count). The first-order valence-corrected chi connectivity index (χ1v) is 9.95. The van der Waals surface area contributed by atoms with E-state index >= 15 is 0 Å². The quantitative estimate of drug-likeness (QED) is 0.693. The normalized spacial score (nSPS) is 18.5. The molecule has 0 bridgehead atoms. The zero-order valence-corrected chi connectivity index (χ0v) is 16.0. The molecule has 2 aromatic carbocycles. The fourth-order valence-corrected chi connectivity index (χ4v) is 4.24. The molecule has 0 aliphatic carbocycles. The lowest BCUT2D eigenvalue weighted by atomic mass is 9.98. The lowest BCUT2D eigenvalue weighted by Crippen LogP contribution is -2.24. The van der Waals surface area contributed by atoms with Crippen LogP contribution >= 0.6 is 0 Å². The van der Waals surface area contributed by atoms with Crippen molar-refractivity contribution >= 4 is 23.5 Å². The van der Waals surface area contributed by atoms with E-state index in [1.54, 1.807) is 0 Å². The molecule has 29 heavy (non-hydrogen) atoms. The molecule has 0 atom stereocenters. The third-order valence-electron chi connectivity index (χ3n) is 5.73. The standard InChI is InChI=1S/C26H20N2O/c1-3-7-23-19(5-1)9-13-27-15-11-21(17-25(23)27)29-22-12-16-28-14-10-20-6-2-4-8-24(20)26(28)18-22/h1-14,17-18H,15-16H2. The largest absolute Gasteiger partial charge is 0.458 e. The fourth-order valence-electron chi connectivity index (χ4n) is 4.24. The molecule has 0 fully saturated rings. The van der Waals surface area contributed by atoms with Gasteiger partial charge in [-0.3, -0.25) is 0 Å². The van der Waals surface area contributed by atoms with Crippen molar-refractivity contribution < 1.29 is 4.74 Å². The van der Waals surface area contributed by atoms with Gasteiger partial charge in [-0.2, -0.15) is 0 Å². The Kier molecular flexibility index (Phi) is 3.60. The molecular weight excluding hydrogens is 356 g/mol. The lowest BCUT2D eigenvalue weighted by Gasteiger charge is -2.32. The number of ether oxygens (including phenoxy) is 1. The van der Waals surface area contributed by atoms with Crippen molar-refractivity contribution in [2.75, 3.05) is 13.1 Å². The molecule has 3 nitrogen and oxygen atoms in total. The number of nitrogens with zero attached hydrogens (tertiary/aromatic N) is 2. The molecule has 4 heterocycles. The molecule has 0 saturated carbocycles. The Labute approximate surface area is 170 Å². The monoisotopic (exact) mass is 376 g/mol. The van der Waals surface area contributed by atoms with Gasteiger partial charge in [-0.05, 0) is 35.4 Å². The summed E-state index contributed by atoms with van der Waals surface area (Å²) in [7, 11) is 0. The summed E-state index contributed by atoms with van der Waals surface area (Å²) in [6.07, 6.45) is 17.2. The van der Waals surface area contributed by atoms with Crippen molar-refractivity contribution in [2.45, 2.75) is 0 Å². The Morgan fingerprint density at radius 2 is 1.10 bits per heavy atom. The first-order valence-electron chi connectivity index (χ1n) is 9.95. The summed E-state index contributed by atoms with van der Waals surface area (Å²) in [6.45, 7) is 1.63. The van der Waals surface area contributed by atoms with Crippen molar-refractivity contribution in [3.05, 3.63) is 119 Å². The van der Waals surface area contributed by atoms with Gasteiger partial charge < -0.3 is 14.5 Å². The Balaban J connectivity index is 1.30. The third-order valence-corrected chi connectivity index (χ3v) is 5.73. The second-order valence-corrected chi connectivity index (χ2v) is 7.48. The van der Waals surface area contributed by atoms with Gasteiger partial charge in [0.2, 0.25) is 0 Å². The molecule has 0 aromatic heterocycles. The van der Waals surface area contributed by atoms with Crippen molar-refractivity contribution in [1.29, 1.82) is 0 Å². The number of benzene rings is 2. The van der Waals surface area contributed by atoms with Gasteiger partial charge >= 0.3 is 0 Å². The predicted molar refractivity (Wildman–Crippen MR) is 118 cm³/mol. The minimum Gasteiger partial charge on any atom is -0.458 e. The molecule has 0 N–H and O–H groups in total. The van der Waals surface area contributed by atoms with Crippen LogP contribution in [0.15, 0.2) is 96.8 Å². The van der Waals surface area contributed by atoms with Crippen LogP contribution in [0.3, 0.4) is 0 Å². The Morgan fingerprint density at radius 3 is 1.62 bits per heavy atom. The summed E-state index contributed by atoms with van der Waals surface area (Å²) in [5.41, 5.74) is 7.37. The molecule has 3 heteroatoms. The molecule has 0 spiro atoms. The fraction of sp³-hybridized carbons (Fsp3) is 0.0769. The highest BCUT2D eigenvalue weighted by Gasteiger charge is 2.23. The van der Waals surface area contributed by atoms with E-state index in [4.69, 9.17) is 4.74 Å². The number of allylic oxidation sites excluding steroid dienone is 2. The van der Waals surface area contributed by atoms with Crippen LogP contribution in [-0.4, -0.2) is 22.9 Å². The smallest absolute Gasteiger partial charge is 0.127 e. The number of rotatable bonds is 2. The summed E-state index contributed by atoms with van der Waals surface area (Å²) < 4.78 is 6.33. The van der Waals surface area contributed by atoms with E-state index in [-0.39, 0.29) is 0 Å². The Hall–Kier alpha value is -3.72. The zero-order valence-electron chi connectivity index (χ0n) is 16.0. The predicted octanol–water partition coefficient (Wildman–Crippen LogP) is 5.45. The van der Waals surface area contributed by atoms with Crippen LogP contribution in [0.5, 0.6) is 0 Å². The van der Waals surface area contributed by atoms with Gasteiger partial charge in [-0.1, -0.05) is 48.5 Å². The van der Waals surface area contributed by atoms with Gasteiger partial charge in [-0.15, -0.1) is 0 Å². The van der Waals surface area contributed by atoms with Gasteiger partial charge in [0, 0.05) is 48.8 Å². The van der Waals surface area contributed by atoms with E-state index in [1.165, 1.54) is 33.6 Å². The number of hydrogen-bond donors (Lipinski definition) is 0. The molecule has 140 valence electrons. The van der Waals surface area contributed by atoms with Crippen LogP contribution in [0.4, 0.5) is 0 Å². The average molecular weight is 376 g/mol. The van der Waals surface area contributed by atoms with Crippen LogP contribution in [0, 0.1) is 0 Å². The number of fused-ring (bicyclic) bond motifs is 6. The van der Waals surface area contributed by atoms with Gasteiger partial charge in [0.1, 0.15) is 11.5 Å². The van der Waals surface area contributed by atoms with Gasteiger partial charge in [0.05, 0.1) is 11.4 Å². The van der Waals surface area contributed by atoms with E-state index in [0.717, 1.165) is 24.6 Å². The summed E-state index contributed by atoms with van der Waals surface area (Å²) in [5.74, 6) is 1.80. The van der Waals surface area contributed by atoms with E-state index in [1.807, 2.05) is 0 Å². The highest BCUT2D eigenvalue weighted by Crippen LogP contribution is 2.35. The maximum Gasteiger partial charge on any atom is 0.127 e. The van der Waals surface area contributed by atoms with E-state index in [9.17, 15) is 0 Å². The average Bonchev–Trinajstić information content (AvgIpc) is 2.79. The molecule has 0 amide bonds. The van der Waals surface area contributed by atoms with Crippen molar-refractivity contribution in [1.82, 2.24) is 9.80 Å².